The summed E-state index contributed by atoms with van der Waals surface area (Å²) in [6.45, 7) is 3.99. The van der Waals surface area contributed by atoms with Crippen LogP contribution < -0.4 is 5.63 Å². The molecule has 0 spiro atoms. The number of fused-ring (bicyclic) bond motifs is 1. The number of rotatable bonds is 6. The highest BCUT2D eigenvalue weighted by Gasteiger charge is 2.19. The molecule has 160 valence electrons. The summed E-state index contributed by atoms with van der Waals surface area (Å²) in [4.78, 5) is 12.2. The van der Waals surface area contributed by atoms with Gasteiger partial charge < -0.3 is 8.83 Å². The van der Waals surface area contributed by atoms with Crippen LogP contribution in [0.5, 0.6) is 0 Å². The van der Waals surface area contributed by atoms with Crippen molar-refractivity contribution in [3.05, 3.63) is 94.2 Å². The van der Waals surface area contributed by atoms with Crippen LogP contribution in [0.4, 0.5) is 0 Å². The zero-order valence-electron chi connectivity index (χ0n) is 17.7. The van der Waals surface area contributed by atoms with Crippen LogP contribution in [-0.4, -0.2) is 14.8 Å². The van der Waals surface area contributed by atoms with E-state index in [4.69, 9.17) is 8.83 Å². The van der Waals surface area contributed by atoms with Gasteiger partial charge in [-0.2, -0.15) is 0 Å². The molecule has 0 fully saturated rings. The molecule has 5 rings (SSSR count). The van der Waals surface area contributed by atoms with Gasteiger partial charge in [0.25, 0.3) is 0 Å². The first-order chi connectivity index (χ1) is 15.6. The molecular weight excluding hydrogens is 422 g/mol. The number of nitrogens with zero attached hydrogens (tertiary/aromatic N) is 3. The largest absolute Gasteiger partial charge is 0.469 e. The van der Waals surface area contributed by atoms with E-state index in [0.29, 0.717) is 11.3 Å². The van der Waals surface area contributed by atoms with E-state index in [1.165, 1.54) is 11.8 Å². The lowest BCUT2D eigenvalue weighted by atomic mass is 10.1. The van der Waals surface area contributed by atoms with E-state index in [2.05, 4.69) is 23.2 Å². The Morgan fingerprint density at radius 3 is 2.62 bits per heavy atom. The Labute approximate surface area is 188 Å². The number of para-hydroxylation sites is 1. The Hall–Kier alpha value is -3.58. The van der Waals surface area contributed by atoms with Gasteiger partial charge in [-0.3, -0.25) is 4.57 Å². The van der Waals surface area contributed by atoms with Gasteiger partial charge in [0.15, 0.2) is 11.0 Å². The summed E-state index contributed by atoms with van der Waals surface area (Å²) < 4.78 is 13.0. The van der Waals surface area contributed by atoms with Crippen molar-refractivity contribution in [2.24, 2.45) is 0 Å². The molecule has 0 amide bonds. The molecule has 32 heavy (non-hydrogen) atoms. The molecule has 0 bridgehead atoms. The fraction of sp³-hybridized carbons (Fsp3) is 0.160. The quantitative estimate of drug-likeness (QED) is 0.244. The standard InChI is InChI=1S/C25H21N3O3S/c1-3-17-9-10-21-18(14-23(29)31-22(21)13-17)15-32-25-27-26-24(20-11-12-30-16(20)2)28(25)19-7-5-4-6-8-19/h4-14H,3,15H2,1-2H3. The lowest BCUT2D eigenvalue weighted by Gasteiger charge is -2.10. The molecule has 6 nitrogen and oxygen atoms in total. The van der Waals surface area contributed by atoms with Gasteiger partial charge in [0, 0.05) is 22.9 Å². The number of thioether (sulfide) groups is 1. The van der Waals surface area contributed by atoms with Crippen molar-refractivity contribution in [1.82, 2.24) is 14.8 Å². The number of furan rings is 1. The van der Waals surface area contributed by atoms with Gasteiger partial charge in [-0.05, 0) is 48.7 Å². The molecular formula is C25H21N3O3S. The monoisotopic (exact) mass is 443 g/mol. The third-order valence-corrected chi connectivity index (χ3v) is 6.38. The highest BCUT2D eigenvalue weighted by atomic mass is 32.2. The molecule has 0 N–H and O–H groups in total. The van der Waals surface area contributed by atoms with Crippen LogP contribution in [-0.2, 0) is 12.2 Å². The molecule has 3 heterocycles. The first-order valence-corrected chi connectivity index (χ1v) is 11.4. The second-order valence-corrected chi connectivity index (χ2v) is 8.37. The molecule has 3 aromatic heterocycles. The van der Waals surface area contributed by atoms with Crippen molar-refractivity contribution >= 4 is 22.7 Å². The molecule has 5 aromatic rings. The maximum Gasteiger partial charge on any atom is 0.336 e. The topological polar surface area (TPSA) is 74.1 Å². The second-order valence-electron chi connectivity index (χ2n) is 7.43. The average molecular weight is 444 g/mol. The van der Waals surface area contributed by atoms with E-state index in [1.54, 1.807) is 12.3 Å². The minimum atomic E-state index is -0.347. The summed E-state index contributed by atoms with van der Waals surface area (Å²) >= 11 is 1.53. The molecule has 2 aromatic carbocycles. The van der Waals surface area contributed by atoms with Crippen molar-refractivity contribution in [2.45, 2.75) is 31.2 Å². The van der Waals surface area contributed by atoms with Crippen molar-refractivity contribution in [2.75, 3.05) is 0 Å². The molecule has 0 saturated heterocycles. The van der Waals surface area contributed by atoms with Gasteiger partial charge in [0.1, 0.15) is 11.3 Å². The summed E-state index contributed by atoms with van der Waals surface area (Å²) in [5.74, 6) is 2.06. The lowest BCUT2D eigenvalue weighted by molar-refractivity contribution is 0.535. The van der Waals surface area contributed by atoms with Crippen LogP contribution in [0.15, 0.2) is 85.7 Å². The Balaban J connectivity index is 1.55. The first kappa shape index (κ1) is 20.3. The maximum absolute atomic E-state index is 12.2. The number of hydrogen-bond acceptors (Lipinski definition) is 6. The van der Waals surface area contributed by atoms with Gasteiger partial charge in [0.05, 0.1) is 11.8 Å². The fourth-order valence-corrected chi connectivity index (χ4v) is 4.66. The Bertz CT molecular complexity index is 1450. The van der Waals surface area contributed by atoms with Crippen molar-refractivity contribution in [3.8, 4) is 17.1 Å². The van der Waals surface area contributed by atoms with Crippen LogP contribution in [0.3, 0.4) is 0 Å². The number of aromatic nitrogens is 3. The predicted molar refractivity (Wildman–Crippen MR) is 125 cm³/mol. The van der Waals surface area contributed by atoms with Crippen molar-refractivity contribution in [1.29, 1.82) is 0 Å². The molecule has 0 saturated carbocycles. The van der Waals surface area contributed by atoms with E-state index in [9.17, 15) is 4.79 Å². The van der Waals surface area contributed by atoms with Gasteiger partial charge >= 0.3 is 5.63 Å². The molecule has 0 aliphatic heterocycles. The first-order valence-electron chi connectivity index (χ1n) is 10.4. The highest BCUT2D eigenvalue weighted by molar-refractivity contribution is 7.98. The van der Waals surface area contributed by atoms with Crippen LogP contribution in [0.2, 0.25) is 0 Å². The number of aryl methyl sites for hydroxylation is 2. The van der Waals surface area contributed by atoms with Gasteiger partial charge in [0.2, 0.25) is 0 Å². The average Bonchev–Trinajstić information content (AvgIpc) is 3.43. The molecule has 7 heteroatoms. The van der Waals surface area contributed by atoms with Gasteiger partial charge in [-0.25, -0.2) is 4.79 Å². The molecule has 0 atom stereocenters. The zero-order valence-corrected chi connectivity index (χ0v) is 18.6. The number of hydrogen-bond donors (Lipinski definition) is 0. The van der Waals surface area contributed by atoms with E-state index in [-0.39, 0.29) is 5.63 Å². The molecule has 0 aliphatic carbocycles. The van der Waals surface area contributed by atoms with E-state index in [1.807, 2.05) is 60.0 Å². The van der Waals surface area contributed by atoms with Gasteiger partial charge in [-0.15, -0.1) is 10.2 Å². The normalized spacial score (nSPS) is 11.3. The summed E-state index contributed by atoms with van der Waals surface area (Å²) in [6, 6.07) is 19.5. The smallest absolute Gasteiger partial charge is 0.336 e. The predicted octanol–water partition coefficient (Wildman–Crippen LogP) is 5.80. The summed E-state index contributed by atoms with van der Waals surface area (Å²) in [7, 11) is 0. The lowest BCUT2D eigenvalue weighted by Crippen LogP contribution is -2.02. The van der Waals surface area contributed by atoms with Crippen molar-refractivity contribution in [3.63, 3.8) is 0 Å². The molecule has 0 aliphatic rings. The third-order valence-electron chi connectivity index (χ3n) is 5.41. The fourth-order valence-electron chi connectivity index (χ4n) is 3.72. The van der Waals surface area contributed by atoms with E-state index < -0.39 is 0 Å². The minimum absolute atomic E-state index is 0.347. The van der Waals surface area contributed by atoms with Crippen LogP contribution in [0.25, 0.3) is 28.0 Å². The Kier molecular flexibility index (Phi) is 5.41. The summed E-state index contributed by atoms with van der Waals surface area (Å²) in [5.41, 5.74) is 4.17. The highest BCUT2D eigenvalue weighted by Crippen LogP contribution is 2.32. The van der Waals surface area contributed by atoms with Crippen LogP contribution >= 0.6 is 11.8 Å². The SMILES string of the molecule is CCc1ccc2c(CSc3nnc(-c4ccoc4C)n3-c3ccccc3)cc(=O)oc2c1. The van der Waals surface area contributed by atoms with E-state index in [0.717, 1.165) is 50.9 Å². The molecule has 0 unspecified atom stereocenters. The maximum atomic E-state index is 12.2. The second kappa shape index (κ2) is 8.51. The van der Waals surface area contributed by atoms with Crippen molar-refractivity contribution < 1.29 is 8.83 Å². The summed E-state index contributed by atoms with van der Waals surface area (Å²) in [6.07, 6.45) is 2.54. The summed E-state index contributed by atoms with van der Waals surface area (Å²) in [5, 5.41) is 10.6. The van der Waals surface area contributed by atoms with Crippen LogP contribution in [0, 0.1) is 6.92 Å². The zero-order chi connectivity index (χ0) is 22.1. The third kappa shape index (κ3) is 3.76. The van der Waals surface area contributed by atoms with E-state index >= 15 is 0 Å². The van der Waals surface area contributed by atoms with Gasteiger partial charge in [-0.1, -0.05) is 49.0 Å². The minimum Gasteiger partial charge on any atom is -0.469 e. The molecule has 0 radical (unpaired) electrons. The Morgan fingerprint density at radius 2 is 1.88 bits per heavy atom. The van der Waals surface area contributed by atoms with Crippen LogP contribution in [0.1, 0.15) is 23.8 Å². The number of benzene rings is 2. The Morgan fingerprint density at radius 1 is 1.03 bits per heavy atom.